The molecule has 0 fully saturated rings. The number of rotatable bonds is 4. The molecule has 0 spiro atoms. The van der Waals surface area contributed by atoms with E-state index in [2.05, 4.69) is 10.4 Å². The van der Waals surface area contributed by atoms with Gasteiger partial charge in [0.15, 0.2) is 5.69 Å². The van der Waals surface area contributed by atoms with Gasteiger partial charge in [-0.15, -0.1) is 0 Å². The fourth-order valence-corrected chi connectivity index (χ4v) is 3.32. The van der Waals surface area contributed by atoms with Crippen molar-refractivity contribution in [3.05, 3.63) is 112 Å². The van der Waals surface area contributed by atoms with E-state index in [0.29, 0.717) is 10.8 Å². The second-order valence-electron chi connectivity index (χ2n) is 6.55. The number of benzene rings is 3. The zero-order valence-electron chi connectivity index (χ0n) is 15.4. The van der Waals surface area contributed by atoms with Gasteiger partial charge in [-0.2, -0.15) is 5.10 Å². The van der Waals surface area contributed by atoms with Gasteiger partial charge in [-0.1, -0.05) is 78.9 Å². The third-order valence-electron chi connectivity index (χ3n) is 4.71. The van der Waals surface area contributed by atoms with Gasteiger partial charge in [0.25, 0.3) is 11.5 Å². The minimum atomic E-state index is -0.329. The van der Waals surface area contributed by atoms with Crippen LogP contribution in [0.1, 0.15) is 27.7 Å². The summed E-state index contributed by atoms with van der Waals surface area (Å²) in [4.78, 5) is 25.5. The molecular formula is C23H19N3O2. The third kappa shape index (κ3) is 3.30. The highest BCUT2D eigenvalue weighted by Gasteiger charge is 2.21. The summed E-state index contributed by atoms with van der Waals surface area (Å²) >= 11 is 0. The van der Waals surface area contributed by atoms with Crippen molar-refractivity contribution in [2.75, 3.05) is 0 Å². The fourth-order valence-electron chi connectivity index (χ4n) is 3.32. The summed E-state index contributed by atoms with van der Waals surface area (Å²) < 4.78 is 1.21. The van der Waals surface area contributed by atoms with Gasteiger partial charge in [0, 0.05) is 12.4 Å². The molecule has 0 aliphatic carbocycles. The summed E-state index contributed by atoms with van der Waals surface area (Å²) in [6.07, 6.45) is 0. The standard InChI is InChI=1S/C23H19N3O2/c1-26-23(28)19-15-9-8-14-18(19)21(25-26)22(27)24-20(16-10-4-2-5-11-16)17-12-6-3-7-13-17/h2-15,20H,1H3,(H,24,27). The van der Waals surface area contributed by atoms with Crippen molar-refractivity contribution in [1.29, 1.82) is 0 Å². The lowest BCUT2D eigenvalue weighted by molar-refractivity contribution is 0.0937. The first-order valence-electron chi connectivity index (χ1n) is 9.02. The smallest absolute Gasteiger partial charge is 0.274 e. The van der Waals surface area contributed by atoms with Gasteiger partial charge in [-0.05, 0) is 17.2 Å². The van der Waals surface area contributed by atoms with E-state index in [0.717, 1.165) is 11.1 Å². The van der Waals surface area contributed by atoms with E-state index < -0.39 is 0 Å². The van der Waals surface area contributed by atoms with Crippen LogP contribution in [0.2, 0.25) is 0 Å². The predicted molar refractivity (Wildman–Crippen MR) is 109 cm³/mol. The van der Waals surface area contributed by atoms with Crippen molar-refractivity contribution >= 4 is 16.7 Å². The van der Waals surface area contributed by atoms with Gasteiger partial charge in [0.05, 0.1) is 11.4 Å². The summed E-state index contributed by atoms with van der Waals surface area (Å²) in [5.41, 5.74) is 1.94. The maximum Gasteiger partial charge on any atom is 0.274 e. The van der Waals surface area contributed by atoms with Gasteiger partial charge in [-0.25, -0.2) is 4.68 Å². The van der Waals surface area contributed by atoms with Gasteiger partial charge in [-0.3, -0.25) is 9.59 Å². The molecule has 0 saturated heterocycles. The number of hydrogen-bond acceptors (Lipinski definition) is 3. The highest BCUT2D eigenvalue weighted by atomic mass is 16.2. The Balaban J connectivity index is 1.79. The summed E-state index contributed by atoms with van der Waals surface area (Å²) in [6.45, 7) is 0. The van der Waals surface area contributed by atoms with Crippen LogP contribution in [0.4, 0.5) is 0 Å². The molecule has 1 N–H and O–H groups in total. The Bertz CT molecular complexity index is 1150. The van der Waals surface area contributed by atoms with E-state index in [1.54, 1.807) is 31.3 Å². The second-order valence-corrected chi connectivity index (χ2v) is 6.55. The van der Waals surface area contributed by atoms with Crippen molar-refractivity contribution in [2.24, 2.45) is 7.05 Å². The molecule has 138 valence electrons. The Morgan fingerprint density at radius 2 is 1.32 bits per heavy atom. The molecule has 0 aliphatic rings. The number of nitrogens with one attached hydrogen (secondary N) is 1. The molecule has 4 aromatic rings. The maximum absolute atomic E-state index is 13.2. The minimum Gasteiger partial charge on any atom is -0.340 e. The van der Waals surface area contributed by atoms with E-state index in [4.69, 9.17) is 0 Å². The van der Waals surface area contributed by atoms with Crippen molar-refractivity contribution in [2.45, 2.75) is 6.04 Å². The van der Waals surface area contributed by atoms with Crippen LogP contribution in [-0.4, -0.2) is 15.7 Å². The molecule has 0 saturated carbocycles. The molecule has 28 heavy (non-hydrogen) atoms. The van der Waals surface area contributed by atoms with Crippen LogP contribution in [0.3, 0.4) is 0 Å². The lowest BCUT2D eigenvalue weighted by Gasteiger charge is -2.20. The SMILES string of the molecule is Cn1nc(C(=O)NC(c2ccccc2)c2ccccc2)c2ccccc2c1=O. The van der Waals surface area contributed by atoms with E-state index >= 15 is 0 Å². The second kappa shape index (κ2) is 7.48. The number of hydrogen-bond donors (Lipinski definition) is 1. The number of fused-ring (bicyclic) bond motifs is 1. The minimum absolute atomic E-state index is 0.227. The molecular weight excluding hydrogens is 350 g/mol. The number of nitrogens with zero attached hydrogens (tertiary/aromatic N) is 2. The molecule has 0 aliphatic heterocycles. The van der Waals surface area contributed by atoms with Crippen molar-refractivity contribution in [3.8, 4) is 0 Å². The summed E-state index contributed by atoms with van der Waals surface area (Å²) in [6, 6.07) is 26.3. The quantitative estimate of drug-likeness (QED) is 0.599. The molecule has 3 aromatic carbocycles. The van der Waals surface area contributed by atoms with Crippen molar-refractivity contribution in [3.63, 3.8) is 0 Å². The number of carbonyl (C=O) groups is 1. The van der Waals surface area contributed by atoms with E-state index in [1.165, 1.54) is 4.68 Å². The van der Waals surface area contributed by atoms with Gasteiger partial charge in [0.1, 0.15) is 0 Å². The first-order chi connectivity index (χ1) is 13.6. The largest absolute Gasteiger partial charge is 0.340 e. The normalized spacial score (nSPS) is 10.9. The van der Waals surface area contributed by atoms with Gasteiger partial charge < -0.3 is 5.32 Å². The average Bonchev–Trinajstić information content (AvgIpc) is 2.75. The molecule has 0 atom stereocenters. The Morgan fingerprint density at radius 3 is 1.89 bits per heavy atom. The zero-order valence-corrected chi connectivity index (χ0v) is 15.4. The summed E-state index contributed by atoms with van der Waals surface area (Å²) in [7, 11) is 1.55. The zero-order chi connectivity index (χ0) is 19.5. The molecule has 0 radical (unpaired) electrons. The Labute approximate surface area is 162 Å². The van der Waals surface area contributed by atoms with Crippen LogP contribution < -0.4 is 10.9 Å². The van der Waals surface area contributed by atoms with E-state index in [-0.39, 0.29) is 23.2 Å². The first-order valence-corrected chi connectivity index (χ1v) is 9.02. The van der Waals surface area contributed by atoms with Crippen LogP contribution in [0, 0.1) is 0 Å². The Kier molecular flexibility index (Phi) is 4.72. The number of aryl methyl sites for hydroxylation is 1. The summed E-state index contributed by atoms with van der Waals surface area (Å²) in [5, 5.41) is 8.34. The fraction of sp³-hybridized carbons (Fsp3) is 0.0870. The molecule has 0 unspecified atom stereocenters. The van der Waals surface area contributed by atoms with Crippen LogP contribution in [0.15, 0.2) is 89.7 Å². The van der Waals surface area contributed by atoms with Crippen LogP contribution in [0.5, 0.6) is 0 Å². The average molecular weight is 369 g/mol. The lowest BCUT2D eigenvalue weighted by atomic mass is 9.98. The summed E-state index contributed by atoms with van der Waals surface area (Å²) in [5.74, 6) is -0.329. The predicted octanol–water partition coefficient (Wildman–Crippen LogP) is 3.45. The molecule has 5 heteroatoms. The topological polar surface area (TPSA) is 64.0 Å². The van der Waals surface area contributed by atoms with Gasteiger partial charge in [0.2, 0.25) is 0 Å². The van der Waals surface area contributed by atoms with Crippen LogP contribution in [0.25, 0.3) is 10.8 Å². The van der Waals surface area contributed by atoms with E-state index in [9.17, 15) is 9.59 Å². The highest BCUT2D eigenvalue weighted by Crippen LogP contribution is 2.23. The van der Waals surface area contributed by atoms with Gasteiger partial charge >= 0.3 is 0 Å². The molecule has 1 heterocycles. The van der Waals surface area contributed by atoms with Crippen LogP contribution >= 0.6 is 0 Å². The third-order valence-corrected chi connectivity index (χ3v) is 4.71. The molecule has 5 nitrogen and oxygen atoms in total. The molecule has 1 aromatic heterocycles. The molecule has 4 rings (SSSR count). The Hall–Kier alpha value is -3.73. The molecule has 1 amide bonds. The molecule has 0 bridgehead atoms. The first kappa shape index (κ1) is 17.7. The number of carbonyl (C=O) groups excluding carboxylic acids is 1. The highest BCUT2D eigenvalue weighted by molar-refractivity contribution is 6.05. The van der Waals surface area contributed by atoms with E-state index in [1.807, 2.05) is 60.7 Å². The number of amides is 1. The monoisotopic (exact) mass is 369 g/mol. The maximum atomic E-state index is 13.2. The number of aromatic nitrogens is 2. The van der Waals surface area contributed by atoms with Crippen molar-refractivity contribution in [1.82, 2.24) is 15.1 Å². The van der Waals surface area contributed by atoms with Crippen LogP contribution in [-0.2, 0) is 7.05 Å². The Morgan fingerprint density at radius 1 is 0.821 bits per heavy atom. The van der Waals surface area contributed by atoms with Crippen molar-refractivity contribution < 1.29 is 4.79 Å². The lowest BCUT2D eigenvalue weighted by Crippen LogP contribution is -2.32.